The lowest BCUT2D eigenvalue weighted by molar-refractivity contribution is -0.133. The molecule has 2 amide bonds. The van der Waals surface area contributed by atoms with Crippen molar-refractivity contribution in [3.8, 4) is 0 Å². The predicted octanol–water partition coefficient (Wildman–Crippen LogP) is 5.52. The average molecular weight is 496 g/mol. The molecule has 1 fully saturated rings. The molecule has 0 aliphatic carbocycles. The van der Waals surface area contributed by atoms with E-state index in [0.717, 1.165) is 29.7 Å². The van der Waals surface area contributed by atoms with E-state index in [2.05, 4.69) is 11.4 Å². The zero-order valence-corrected chi connectivity index (χ0v) is 20.2. The van der Waals surface area contributed by atoms with Gasteiger partial charge in [0.2, 0.25) is 5.91 Å². The number of likely N-dealkylation sites (tertiary alicyclic amines) is 1. The highest BCUT2D eigenvalue weighted by molar-refractivity contribution is 6.35. The molecule has 3 aromatic rings. The van der Waals surface area contributed by atoms with E-state index in [4.69, 9.17) is 28.9 Å². The molecule has 3 aromatic carbocycles. The summed E-state index contributed by atoms with van der Waals surface area (Å²) < 4.78 is 0. The Morgan fingerprint density at radius 3 is 2.41 bits per heavy atom. The molecule has 1 saturated heterocycles. The molecule has 1 unspecified atom stereocenters. The van der Waals surface area contributed by atoms with Crippen LogP contribution >= 0.6 is 23.2 Å². The molecule has 176 valence electrons. The fraction of sp³-hybridized carbons (Fsp3) is 0.259. The number of nitrogens with zero attached hydrogens (tertiary/aromatic N) is 1. The molecule has 0 radical (unpaired) electrons. The van der Waals surface area contributed by atoms with E-state index in [1.165, 1.54) is 0 Å². The number of anilines is 1. The Kier molecular flexibility index (Phi) is 7.88. The smallest absolute Gasteiger partial charge is 0.255 e. The number of hydrogen-bond donors (Lipinski definition) is 2. The van der Waals surface area contributed by atoms with Gasteiger partial charge in [0, 0.05) is 34.4 Å². The normalized spacial score (nSPS) is 15.1. The van der Waals surface area contributed by atoms with Crippen LogP contribution in [0.2, 0.25) is 10.0 Å². The van der Waals surface area contributed by atoms with Crippen LogP contribution in [0.4, 0.5) is 5.69 Å². The van der Waals surface area contributed by atoms with Crippen LogP contribution in [0.15, 0.2) is 72.8 Å². The van der Waals surface area contributed by atoms with E-state index in [9.17, 15) is 9.59 Å². The van der Waals surface area contributed by atoms with Crippen molar-refractivity contribution in [3.63, 3.8) is 0 Å². The summed E-state index contributed by atoms with van der Waals surface area (Å²) in [5.74, 6) is 0.126. The minimum atomic E-state index is -0.647. The fourth-order valence-electron chi connectivity index (χ4n) is 4.34. The summed E-state index contributed by atoms with van der Waals surface area (Å²) in [5, 5.41) is 4.05. The van der Waals surface area contributed by atoms with Gasteiger partial charge in [-0.1, -0.05) is 59.6 Å². The molecule has 0 saturated carbocycles. The SMILES string of the molecule is NC(Cc1ccc(Cl)cc1Cl)C(=O)N1CCC(c2cccc(NC(=O)c3ccccc3)c2)CC1. The van der Waals surface area contributed by atoms with Crippen molar-refractivity contribution < 1.29 is 9.59 Å². The molecule has 3 N–H and O–H groups in total. The Hall–Kier alpha value is -2.86. The minimum absolute atomic E-state index is 0.0617. The molecule has 34 heavy (non-hydrogen) atoms. The van der Waals surface area contributed by atoms with E-state index in [-0.39, 0.29) is 11.8 Å². The Balaban J connectivity index is 1.33. The Morgan fingerprint density at radius 2 is 1.71 bits per heavy atom. The monoisotopic (exact) mass is 495 g/mol. The van der Waals surface area contributed by atoms with E-state index in [1.54, 1.807) is 24.3 Å². The molecule has 5 nitrogen and oxygen atoms in total. The van der Waals surface area contributed by atoms with Gasteiger partial charge in [0.1, 0.15) is 0 Å². The molecule has 0 bridgehead atoms. The summed E-state index contributed by atoms with van der Waals surface area (Å²) in [6.45, 7) is 1.29. The van der Waals surface area contributed by atoms with Gasteiger partial charge in [0.05, 0.1) is 6.04 Å². The molecule has 4 rings (SSSR count). The van der Waals surface area contributed by atoms with Gasteiger partial charge in [-0.15, -0.1) is 0 Å². The zero-order valence-electron chi connectivity index (χ0n) is 18.7. The number of amides is 2. The van der Waals surface area contributed by atoms with E-state index < -0.39 is 6.04 Å². The molecule has 0 aromatic heterocycles. The number of carbonyl (C=O) groups excluding carboxylic acids is 2. The maximum Gasteiger partial charge on any atom is 0.255 e. The number of halogens is 2. The molecule has 0 spiro atoms. The predicted molar refractivity (Wildman–Crippen MR) is 138 cm³/mol. The van der Waals surface area contributed by atoms with Gasteiger partial charge >= 0.3 is 0 Å². The lowest BCUT2D eigenvalue weighted by atomic mass is 9.89. The van der Waals surface area contributed by atoms with Crippen LogP contribution in [0.3, 0.4) is 0 Å². The van der Waals surface area contributed by atoms with Gasteiger partial charge in [-0.05, 0) is 72.7 Å². The molecule has 1 heterocycles. The molecular formula is C27H27Cl2N3O2. The second-order valence-corrected chi connectivity index (χ2v) is 9.44. The van der Waals surface area contributed by atoms with Gasteiger partial charge in [-0.2, -0.15) is 0 Å². The Bertz CT molecular complexity index is 1160. The summed E-state index contributed by atoms with van der Waals surface area (Å²) in [4.78, 5) is 27.2. The van der Waals surface area contributed by atoms with Crippen LogP contribution in [0.5, 0.6) is 0 Å². The van der Waals surface area contributed by atoms with E-state index in [0.29, 0.717) is 41.0 Å². The first-order chi connectivity index (χ1) is 16.4. The van der Waals surface area contributed by atoms with Crippen LogP contribution < -0.4 is 11.1 Å². The lowest BCUT2D eigenvalue weighted by Crippen LogP contribution is -2.47. The van der Waals surface area contributed by atoms with Crippen LogP contribution in [0, 0.1) is 0 Å². The van der Waals surface area contributed by atoms with Crippen LogP contribution in [-0.4, -0.2) is 35.8 Å². The van der Waals surface area contributed by atoms with Crippen molar-refractivity contribution in [1.82, 2.24) is 4.90 Å². The molecule has 7 heteroatoms. The summed E-state index contributed by atoms with van der Waals surface area (Å²) in [5.41, 5.74) is 9.59. The van der Waals surface area contributed by atoms with Crippen molar-refractivity contribution in [2.75, 3.05) is 18.4 Å². The van der Waals surface area contributed by atoms with Gasteiger partial charge < -0.3 is 16.0 Å². The van der Waals surface area contributed by atoms with Crippen molar-refractivity contribution in [2.45, 2.75) is 31.2 Å². The van der Waals surface area contributed by atoms with Crippen molar-refractivity contribution in [1.29, 1.82) is 0 Å². The zero-order chi connectivity index (χ0) is 24.1. The number of benzene rings is 3. The molecule has 1 aliphatic heterocycles. The maximum absolute atomic E-state index is 12.9. The van der Waals surface area contributed by atoms with Crippen molar-refractivity contribution in [2.24, 2.45) is 5.73 Å². The highest BCUT2D eigenvalue weighted by atomic mass is 35.5. The minimum Gasteiger partial charge on any atom is -0.341 e. The number of hydrogen-bond acceptors (Lipinski definition) is 3. The summed E-state index contributed by atoms with van der Waals surface area (Å²) in [7, 11) is 0. The van der Waals surface area contributed by atoms with Crippen molar-refractivity contribution >= 4 is 40.7 Å². The lowest BCUT2D eigenvalue weighted by Gasteiger charge is -2.34. The number of rotatable bonds is 6. The number of nitrogens with two attached hydrogens (primary N) is 1. The first-order valence-electron chi connectivity index (χ1n) is 11.4. The summed E-state index contributed by atoms with van der Waals surface area (Å²) in [6.07, 6.45) is 2.06. The Labute approximate surface area is 209 Å². The molecular weight excluding hydrogens is 469 g/mol. The van der Waals surface area contributed by atoms with Gasteiger partial charge in [-0.3, -0.25) is 9.59 Å². The topological polar surface area (TPSA) is 75.4 Å². The molecule has 1 aliphatic rings. The van der Waals surface area contributed by atoms with E-state index >= 15 is 0 Å². The quantitative estimate of drug-likeness (QED) is 0.472. The number of piperidine rings is 1. The van der Waals surface area contributed by atoms with Crippen molar-refractivity contribution in [3.05, 3.63) is 99.5 Å². The highest BCUT2D eigenvalue weighted by Crippen LogP contribution is 2.30. The Morgan fingerprint density at radius 1 is 0.971 bits per heavy atom. The van der Waals surface area contributed by atoms with Crippen LogP contribution in [-0.2, 0) is 11.2 Å². The third-order valence-electron chi connectivity index (χ3n) is 6.23. The third-order valence-corrected chi connectivity index (χ3v) is 6.82. The van der Waals surface area contributed by atoms with E-state index in [1.807, 2.05) is 47.4 Å². The van der Waals surface area contributed by atoms with Crippen LogP contribution in [0.1, 0.15) is 40.2 Å². The highest BCUT2D eigenvalue weighted by Gasteiger charge is 2.27. The maximum atomic E-state index is 12.9. The fourth-order valence-corrected chi connectivity index (χ4v) is 4.83. The first-order valence-corrected chi connectivity index (χ1v) is 12.1. The summed E-state index contributed by atoms with van der Waals surface area (Å²) in [6, 6.07) is 21.7. The standard InChI is InChI=1S/C27H27Cl2N3O2/c28-22-10-9-21(24(29)17-22)16-25(30)27(34)32-13-11-18(12-14-32)20-7-4-8-23(15-20)31-26(33)19-5-2-1-3-6-19/h1-10,15,17-18,25H,11-14,16,30H2,(H,31,33). The average Bonchev–Trinajstić information content (AvgIpc) is 2.86. The molecule has 1 atom stereocenters. The van der Waals surface area contributed by atoms with Crippen LogP contribution in [0.25, 0.3) is 0 Å². The van der Waals surface area contributed by atoms with Gasteiger partial charge in [0.25, 0.3) is 5.91 Å². The second kappa shape index (κ2) is 11.0. The summed E-state index contributed by atoms with van der Waals surface area (Å²) >= 11 is 12.2. The number of nitrogens with one attached hydrogen (secondary N) is 1. The van der Waals surface area contributed by atoms with Gasteiger partial charge in [0.15, 0.2) is 0 Å². The number of carbonyl (C=O) groups is 2. The second-order valence-electron chi connectivity index (χ2n) is 8.59. The van der Waals surface area contributed by atoms with Gasteiger partial charge in [-0.25, -0.2) is 0 Å². The largest absolute Gasteiger partial charge is 0.341 e. The third kappa shape index (κ3) is 5.98. The first kappa shape index (κ1) is 24.3.